The van der Waals surface area contributed by atoms with E-state index >= 15 is 0 Å². The van der Waals surface area contributed by atoms with Crippen molar-refractivity contribution in [1.29, 1.82) is 0 Å². The molecule has 0 amide bonds. The smallest absolute Gasteiger partial charge is 0.151 e. The van der Waals surface area contributed by atoms with E-state index in [9.17, 15) is 9.90 Å². The maximum atomic E-state index is 10.9. The molecule has 1 aliphatic carbocycles. The van der Waals surface area contributed by atoms with Crippen molar-refractivity contribution in [3.8, 4) is 0 Å². The molecule has 0 aliphatic heterocycles. The Morgan fingerprint density at radius 2 is 2.08 bits per heavy atom. The fourth-order valence-electron chi connectivity index (χ4n) is 2.57. The Hall–Kier alpha value is -0.370. The number of carbonyl (C=O) groups is 1. The van der Waals surface area contributed by atoms with Crippen LogP contribution < -0.4 is 0 Å². The molecule has 0 aromatic heterocycles. The molecule has 0 aromatic carbocycles. The van der Waals surface area contributed by atoms with Gasteiger partial charge in [0.25, 0.3) is 0 Å². The lowest BCUT2D eigenvalue weighted by Gasteiger charge is -2.40. The zero-order valence-electron chi connectivity index (χ0n) is 8.79. The van der Waals surface area contributed by atoms with E-state index in [0.29, 0.717) is 18.3 Å². The van der Waals surface area contributed by atoms with Gasteiger partial charge in [0.15, 0.2) is 6.29 Å². The average Bonchev–Trinajstić information content (AvgIpc) is 2.03. The zero-order valence-corrected chi connectivity index (χ0v) is 8.79. The first kappa shape index (κ1) is 10.7. The monoisotopic (exact) mass is 184 g/mol. The minimum Gasteiger partial charge on any atom is -0.382 e. The van der Waals surface area contributed by atoms with Crippen molar-refractivity contribution in [2.75, 3.05) is 0 Å². The highest BCUT2D eigenvalue weighted by Gasteiger charge is 2.42. The Morgan fingerprint density at radius 3 is 2.54 bits per heavy atom. The van der Waals surface area contributed by atoms with Gasteiger partial charge in [-0.3, -0.25) is 0 Å². The molecule has 1 rings (SSSR count). The predicted molar refractivity (Wildman–Crippen MR) is 52.4 cm³/mol. The molecule has 1 N–H and O–H groups in total. The molecular formula is C11H20O2. The van der Waals surface area contributed by atoms with Gasteiger partial charge in [0, 0.05) is 0 Å². The van der Waals surface area contributed by atoms with Gasteiger partial charge in [0.2, 0.25) is 0 Å². The van der Waals surface area contributed by atoms with Crippen molar-refractivity contribution in [2.45, 2.75) is 45.6 Å². The van der Waals surface area contributed by atoms with Gasteiger partial charge in [-0.15, -0.1) is 0 Å². The van der Waals surface area contributed by atoms with Crippen molar-refractivity contribution in [3.63, 3.8) is 0 Å². The van der Waals surface area contributed by atoms with E-state index in [1.807, 2.05) is 0 Å². The van der Waals surface area contributed by atoms with E-state index in [1.165, 1.54) is 0 Å². The number of aliphatic hydroxyl groups is 1. The average molecular weight is 184 g/mol. The third-order valence-electron chi connectivity index (χ3n) is 3.30. The quantitative estimate of drug-likeness (QED) is 0.666. The minimum absolute atomic E-state index is 0.154. The van der Waals surface area contributed by atoms with Crippen LogP contribution in [0.1, 0.15) is 40.0 Å². The maximum absolute atomic E-state index is 10.9. The first-order valence-corrected chi connectivity index (χ1v) is 5.18. The molecule has 0 saturated heterocycles. The molecule has 1 fully saturated rings. The van der Waals surface area contributed by atoms with Crippen LogP contribution in [-0.2, 0) is 4.79 Å². The summed E-state index contributed by atoms with van der Waals surface area (Å²) in [4.78, 5) is 10.9. The second kappa shape index (κ2) is 3.79. The highest BCUT2D eigenvalue weighted by Crippen LogP contribution is 2.39. The third-order valence-corrected chi connectivity index (χ3v) is 3.30. The Kier molecular flexibility index (Phi) is 3.12. The molecule has 0 heterocycles. The van der Waals surface area contributed by atoms with Crippen LogP contribution in [-0.4, -0.2) is 17.0 Å². The van der Waals surface area contributed by atoms with Crippen LogP contribution >= 0.6 is 0 Å². The fourth-order valence-corrected chi connectivity index (χ4v) is 2.57. The third kappa shape index (κ3) is 2.11. The van der Waals surface area contributed by atoms with Crippen molar-refractivity contribution in [1.82, 2.24) is 0 Å². The molecule has 2 heteroatoms. The lowest BCUT2D eigenvalue weighted by Crippen LogP contribution is -2.46. The summed E-state index contributed by atoms with van der Waals surface area (Å²) in [6, 6.07) is 0. The van der Waals surface area contributed by atoms with Crippen LogP contribution in [0.5, 0.6) is 0 Å². The predicted octanol–water partition coefficient (Wildman–Crippen LogP) is 2.01. The van der Waals surface area contributed by atoms with Gasteiger partial charge in [-0.1, -0.05) is 27.2 Å². The van der Waals surface area contributed by atoms with Crippen LogP contribution in [0.3, 0.4) is 0 Å². The van der Waals surface area contributed by atoms with Gasteiger partial charge in [0.1, 0.15) is 5.60 Å². The summed E-state index contributed by atoms with van der Waals surface area (Å²) in [6.45, 7) is 6.26. The number of hydrogen-bond donors (Lipinski definition) is 1. The van der Waals surface area contributed by atoms with Gasteiger partial charge in [-0.05, 0) is 30.6 Å². The van der Waals surface area contributed by atoms with Crippen molar-refractivity contribution < 1.29 is 9.90 Å². The van der Waals surface area contributed by atoms with E-state index in [4.69, 9.17) is 0 Å². The second-order valence-corrected chi connectivity index (χ2v) is 4.85. The summed E-state index contributed by atoms with van der Waals surface area (Å²) < 4.78 is 0. The van der Waals surface area contributed by atoms with Crippen LogP contribution in [0.15, 0.2) is 0 Å². The first-order valence-electron chi connectivity index (χ1n) is 5.18. The highest BCUT2D eigenvalue weighted by molar-refractivity contribution is 5.63. The van der Waals surface area contributed by atoms with Gasteiger partial charge in [0.05, 0.1) is 0 Å². The van der Waals surface area contributed by atoms with Crippen LogP contribution in [0.2, 0.25) is 0 Å². The second-order valence-electron chi connectivity index (χ2n) is 4.85. The van der Waals surface area contributed by atoms with Crippen LogP contribution in [0.25, 0.3) is 0 Å². The molecule has 0 bridgehead atoms. The van der Waals surface area contributed by atoms with Crippen LogP contribution in [0.4, 0.5) is 0 Å². The van der Waals surface area contributed by atoms with Crippen molar-refractivity contribution in [3.05, 3.63) is 0 Å². The molecule has 1 saturated carbocycles. The van der Waals surface area contributed by atoms with Crippen LogP contribution in [0, 0.1) is 17.8 Å². The lowest BCUT2D eigenvalue weighted by atomic mass is 9.68. The largest absolute Gasteiger partial charge is 0.382 e. The number of aldehydes is 1. The Morgan fingerprint density at radius 1 is 1.46 bits per heavy atom. The van der Waals surface area contributed by atoms with E-state index in [1.54, 1.807) is 0 Å². The summed E-state index contributed by atoms with van der Waals surface area (Å²) in [7, 11) is 0. The van der Waals surface area contributed by atoms with Crippen molar-refractivity contribution >= 4 is 6.29 Å². The summed E-state index contributed by atoms with van der Waals surface area (Å²) in [6.07, 6.45) is 3.51. The fraction of sp³-hybridized carbons (Fsp3) is 0.909. The minimum atomic E-state index is -1.05. The molecule has 1 aliphatic rings. The van der Waals surface area contributed by atoms with E-state index < -0.39 is 5.60 Å². The molecular weight excluding hydrogens is 164 g/mol. The first-order chi connectivity index (χ1) is 5.99. The van der Waals surface area contributed by atoms with E-state index in [-0.39, 0.29) is 5.92 Å². The molecule has 0 radical (unpaired) electrons. The topological polar surface area (TPSA) is 37.3 Å². The SMILES string of the molecule is CC1CCC(C(C)C)C(O)(C=O)C1. The Balaban J connectivity index is 2.78. The standard InChI is InChI=1S/C11H20O2/c1-8(2)10-5-4-9(3)6-11(10,13)7-12/h7-10,13H,4-6H2,1-3H3. The molecule has 3 unspecified atom stereocenters. The number of hydrogen-bond acceptors (Lipinski definition) is 2. The zero-order chi connectivity index (χ0) is 10.1. The van der Waals surface area contributed by atoms with E-state index in [2.05, 4.69) is 20.8 Å². The van der Waals surface area contributed by atoms with Gasteiger partial charge < -0.3 is 9.90 Å². The normalized spacial score (nSPS) is 40.7. The molecule has 2 nitrogen and oxygen atoms in total. The van der Waals surface area contributed by atoms with Gasteiger partial charge in [-0.25, -0.2) is 0 Å². The highest BCUT2D eigenvalue weighted by atomic mass is 16.3. The summed E-state index contributed by atoms with van der Waals surface area (Å²) >= 11 is 0. The molecule has 0 aromatic rings. The van der Waals surface area contributed by atoms with E-state index in [0.717, 1.165) is 19.1 Å². The summed E-state index contributed by atoms with van der Waals surface area (Å²) in [5.74, 6) is 1.02. The molecule has 0 spiro atoms. The van der Waals surface area contributed by atoms with Gasteiger partial charge >= 0.3 is 0 Å². The molecule has 3 atom stereocenters. The Bertz CT molecular complexity index is 189. The number of rotatable bonds is 2. The number of carbonyl (C=O) groups excluding carboxylic acids is 1. The molecule has 13 heavy (non-hydrogen) atoms. The summed E-state index contributed by atoms with van der Waals surface area (Å²) in [5, 5.41) is 10.1. The lowest BCUT2D eigenvalue weighted by molar-refractivity contribution is -0.139. The maximum Gasteiger partial charge on any atom is 0.151 e. The van der Waals surface area contributed by atoms with Gasteiger partial charge in [-0.2, -0.15) is 0 Å². The molecule has 76 valence electrons. The Labute approximate surface area is 80.3 Å². The summed E-state index contributed by atoms with van der Waals surface area (Å²) in [5.41, 5.74) is -1.05. The van der Waals surface area contributed by atoms with Crippen molar-refractivity contribution in [2.24, 2.45) is 17.8 Å².